The van der Waals surface area contributed by atoms with Crippen LogP contribution in [0, 0.1) is 5.82 Å². The third-order valence-corrected chi connectivity index (χ3v) is 2.45. The Labute approximate surface area is 91.2 Å². The van der Waals surface area contributed by atoms with Gasteiger partial charge >= 0.3 is 0 Å². The number of benzene rings is 1. The van der Waals surface area contributed by atoms with Crippen LogP contribution in [0.4, 0.5) is 4.39 Å². The van der Waals surface area contributed by atoms with Crippen LogP contribution in [0.15, 0.2) is 48.9 Å². The van der Waals surface area contributed by atoms with Gasteiger partial charge in [0, 0.05) is 24.0 Å². The fraction of sp³-hybridized carbons (Fsp3) is 0. The maximum Gasteiger partial charge on any atom is 0.234 e. The minimum Gasteiger partial charge on any atom is -0.285 e. The van der Waals surface area contributed by atoms with Crippen LogP contribution >= 0.6 is 0 Å². The zero-order chi connectivity index (χ0) is 11.0. The average molecular weight is 213 g/mol. The largest absolute Gasteiger partial charge is 0.285 e. The SMILES string of the molecule is Fc1cccc2c1ccn2-c1ncccn1. The molecular formula is C12H8FN3. The number of nitrogens with zero attached hydrogens (tertiary/aromatic N) is 3. The van der Waals surface area contributed by atoms with E-state index >= 15 is 0 Å². The van der Waals surface area contributed by atoms with Gasteiger partial charge in [0.1, 0.15) is 5.82 Å². The van der Waals surface area contributed by atoms with Gasteiger partial charge in [0.15, 0.2) is 0 Å². The average Bonchev–Trinajstić information content (AvgIpc) is 2.75. The molecule has 0 atom stereocenters. The molecule has 0 aliphatic carbocycles. The Kier molecular flexibility index (Phi) is 1.93. The number of hydrogen-bond acceptors (Lipinski definition) is 2. The Morgan fingerprint density at radius 1 is 1.00 bits per heavy atom. The minimum absolute atomic E-state index is 0.229. The number of fused-ring (bicyclic) bond motifs is 1. The van der Waals surface area contributed by atoms with Crippen LogP contribution in [0.3, 0.4) is 0 Å². The van der Waals surface area contributed by atoms with E-state index in [1.807, 2.05) is 6.07 Å². The van der Waals surface area contributed by atoms with Gasteiger partial charge in [-0.05, 0) is 24.3 Å². The molecule has 0 saturated carbocycles. The molecule has 0 radical (unpaired) electrons. The highest BCUT2D eigenvalue weighted by molar-refractivity contribution is 5.81. The summed E-state index contributed by atoms with van der Waals surface area (Å²) in [4.78, 5) is 8.26. The molecule has 0 saturated heterocycles. The lowest BCUT2D eigenvalue weighted by Gasteiger charge is -2.02. The van der Waals surface area contributed by atoms with E-state index in [1.54, 1.807) is 41.4 Å². The molecule has 3 aromatic rings. The van der Waals surface area contributed by atoms with Crippen molar-refractivity contribution in [3.8, 4) is 5.95 Å². The lowest BCUT2D eigenvalue weighted by Crippen LogP contribution is -1.97. The summed E-state index contributed by atoms with van der Waals surface area (Å²) >= 11 is 0. The van der Waals surface area contributed by atoms with Gasteiger partial charge in [-0.15, -0.1) is 0 Å². The molecule has 1 aromatic carbocycles. The minimum atomic E-state index is -0.229. The molecule has 3 nitrogen and oxygen atoms in total. The summed E-state index contributed by atoms with van der Waals surface area (Å²) < 4.78 is 15.2. The fourth-order valence-electron chi connectivity index (χ4n) is 1.72. The Hall–Kier alpha value is -2.23. The zero-order valence-corrected chi connectivity index (χ0v) is 8.34. The number of halogens is 1. The predicted octanol–water partition coefficient (Wildman–Crippen LogP) is 2.56. The van der Waals surface area contributed by atoms with Gasteiger partial charge in [-0.2, -0.15) is 0 Å². The Morgan fingerprint density at radius 3 is 2.62 bits per heavy atom. The molecule has 4 heteroatoms. The van der Waals surface area contributed by atoms with Gasteiger partial charge in [0.25, 0.3) is 0 Å². The molecule has 0 bridgehead atoms. The molecule has 0 spiro atoms. The van der Waals surface area contributed by atoms with E-state index in [-0.39, 0.29) is 5.82 Å². The van der Waals surface area contributed by atoms with Crippen LogP contribution in [-0.4, -0.2) is 14.5 Å². The van der Waals surface area contributed by atoms with Crippen LogP contribution < -0.4 is 0 Å². The summed E-state index contributed by atoms with van der Waals surface area (Å²) in [6, 6.07) is 8.43. The predicted molar refractivity (Wildman–Crippen MR) is 58.8 cm³/mol. The van der Waals surface area contributed by atoms with Crippen molar-refractivity contribution in [1.82, 2.24) is 14.5 Å². The summed E-state index contributed by atoms with van der Waals surface area (Å²) in [5.41, 5.74) is 0.770. The molecule has 0 fully saturated rings. The first-order valence-corrected chi connectivity index (χ1v) is 4.89. The molecule has 2 aromatic heterocycles. The number of hydrogen-bond donors (Lipinski definition) is 0. The first kappa shape index (κ1) is 9.03. The van der Waals surface area contributed by atoms with Crippen LogP contribution in [0.25, 0.3) is 16.9 Å². The highest BCUT2D eigenvalue weighted by Gasteiger charge is 2.07. The van der Waals surface area contributed by atoms with Crippen molar-refractivity contribution in [1.29, 1.82) is 0 Å². The van der Waals surface area contributed by atoms with Crippen molar-refractivity contribution in [2.24, 2.45) is 0 Å². The summed E-state index contributed by atoms with van der Waals surface area (Å²) in [6.07, 6.45) is 5.09. The maximum absolute atomic E-state index is 13.5. The number of rotatable bonds is 1. The third-order valence-electron chi connectivity index (χ3n) is 2.45. The monoisotopic (exact) mass is 213 g/mol. The molecule has 2 heterocycles. The molecule has 0 amide bonds. The van der Waals surface area contributed by atoms with Crippen molar-refractivity contribution in [3.05, 3.63) is 54.7 Å². The summed E-state index contributed by atoms with van der Waals surface area (Å²) in [5.74, 6) is 0.315. The highest BCUT2D eigenvalue weighted by Crippen LogP contribution is 2.20. The van der Waals surface area contributed by atoms with Gasteiger partial charge in [0.2, 0.25) is 5.95 Å². The van der Waals surface area contributed by atoms with E-state index in [0.29, 0.717) is 11.3 Å². The molecule has 0 aliphatic rings. The van der Waals surface area contributed by atoms with Crippen molar-refractivity contribution in [2.75, 3.05) is 0 Å². The Bertz CT molecular complexity index is 631. The second kappa shape index (κ2) is 3.41. The van der Waals surface area contributed by atoms with Crippen LogP contribution in [0.5, 0.6) is 0 Å². The smallest absolute Gasteiger partial charge is 0.234 e. The van der Waals surface area contributed by atoms with E-state index < -0.39 is 0 Å². The van der Waals surface area contributed by atoms with Gasteiger partial charge < -0.3 is 0 Å². The second-order valence-corrected chi connectivity index (χ2v) is 3.41. The molecule has 0 N–H and O–H groups in total. The van der Waals surface area contributed by atoms with Crippen LogP contribution in [-0.2, 0) is 0 Å². The van der Waals surface area contributed by atoms with Gasteiger partial charge in [-0.25, -0.2) is 14.4 Å². The normalized spacial score (nSPS) is 10.8. The van der Waals surface area contributed by atoms with E-state index in [2.05, 4.69) is 9.97 Å². The summed E-state index contributed by atoms with van der Waals surface area (Å²) in [6.45, 7) is 0. The van der Waals surface area contributed by atoms with E-state index in [9.17, 15) is 4.39 Å². The quantitative estimate of drug-likeness (QED) is 0.622. The van der Waals surface area contributed by atoms with Gasteiger partial charge in [-0.3, -0.25) is 4.57 Å². The highest BCUT2D eigenvalue weighted by atomic mass is 19.1. The maximum atomic E-state index is 13.5. The lowest BCUT2D eigenvalue weighted by molar-refractivity contribution is 0.640. The zero-order valence-electron chi connectivity index (χ0n) is 8.34. The van der Waals surface area contributed by atoms with Gasteiger partial charge in [0.05, 0.1) is 5.52 Å². The van der Waals surface area contributed by atoms with Crippen molar-refractivity contribution in [2.45, 2.75) is 0 Å². The third kappa shape index (κ3) is 1.27. The summed E-state index contributed by atoms with van der Waals surface area (Å²) in [5, 5.41) is 0.579. The molecule has 3 rings (SSSR count). The van der Waals surface area contributed by atoms with Crippen LogP contribution in [0.2, 0.25) is 0 Å². The fourth-order valence-corrected chi connectivity index (χ4v) is 1.72. The van der Waals surface area contributed by atoms with Crippen molar-refractivity contribution in [3.63, 3.8) is 0 Å². The first-order valence-electron chi connectivity index (χ1n) is 4.89. The summed E-state index contributed by atoms with van der Waals surface area (Å²) in [7, 11) is 0. The Morgan fingerprint density at radius 2 is 1.81 bits per heavy atom. The van der Waals surface area contributed by atoms with E-state index in [0.717, 1.165) is 5.52 Å². The van der Waals surface area contributed by atoms with Crippen molar-refractivity contribution >= 4 is 10.9 Å². The molecule has 78 valence electrons. The van der Waals surface area contributed by atoms with Crippen LogP contribution in [0.1, 0.15) is 0 Å². The van der Waals surface area contributed by atoms with Gasteiger partial charge in [-0.1, -0.05) is 6.07 Å². The standard InChI is InChI=1S/C12H8FN3/c13-10-3-1-4-11-9(10)5-8-16(11)12-14-6-2-7-15-12/h1-8H. The van der Waals surface area contributed by atoms with Crippen molar-refractivity contribution < 1.29 is 4.39 Å². The Balaban J connectivity index is 2.30. The molecular weight excluding hydrogens is 205 g/mol. The van der Waals surface area contributed by atoms with E-state index in [1.165, 1.54) is 6.07 Å². The lowest BCUT2D eigenvalue weighted by atomic mass is 10.2. The molecule has 0 aliphatic heterocycles. The first-order chi connectivity index (χ1) is 7.86. The molecule has 0 unspecified atom stereocenters. The molecule has 16 heavy (non-hydrogen) atoms. The second-order valence-electron chi connectivity index (χ2n) is 3.41. The van der Waals surface area contributed by atoms with E-state index in [4.69, 9.17) is 0 Å². The topological polar surface area (TPSA) is 30.7 Å². The number of aromatic nitrogens is 3.